The number of rotatable bonds is 5. The third-order valence-corrected chi connectivity index (χ3v) is 5.61. The van der Waals surface area contributed by atoms with E-state index in [1.165, 1.54) is 61.3 Å². The number of ether oxygens (including phenoxy) is 1. The third-order valence-electron chi connectivity index (χ3n) is 5.61. The van der Waals surface area contributed by atoms with Crippen LogP contribution in [0.4, 0.5) is 11.4 Å². The maximum Gasteiger partial charge on any atom is 0.142 e. The molecule has 0 spiro atoms. The Morgan fingerprint density at radius 2 is 1.96 bits per heavy atom. The van der Waals surface area contributed by atoms with E-state index in [1.807, 2.05) is 6.07 Å². The fourth-order valence-electron chi connectivity index (χ4n) is 4.17. The normalized spacial score (nSPS) is 19.4. The number of aryl methyl sites for hydroxylation is 2. The lowest BCUT2D eigenvalue weighted by Gasteiger charge is -2.28. The van der Waals surface area contributed by atoms with E-state index in [-0.39, 0.29) is 0 Å². The number of hydrogen-bond acceptors (Lipinski definition) is 3. The van der Waals surface area contributed by atoms with Crippen LogP contribution in [0.5, 0.6) is 5.75 Å². The van der Waals surface area contributed by atoms with Crippen LogP contribution in [0.15, 0.2) is 42.5 Å². The van der Waals surface area contributed by atoms with Gasteiger partial charge in [0.05, 0.1) is 12.8 Å². The maximum absolute atomic E-state index is 5.53. The summed E-state index contributed by atoms with van der Waals surface area (Å²) >= 11 is 0. The van der Waals surface area contributed by atoms with Crippen LogP contribution in [0.2, 0.25) is 0 Å². The Morgan fingerprint density at radius 3 is 2.80 bits per heavy atom. The molecule has 0 saturated carbocycles. The molecule has 1 fully saturated rings. The fraction of sp³-hybridized carbons (Fsp3) is 0.455. The third kappa shape index (κ3) is 3.60. The molecule has 2 heterocycles. The molecule has 0 aromatic heterocycles. The first-order valence-electron chi connectivity index (χ1n) is 9.60. The quantitative estimate of drug-likeness (QED) is 0.860. The van der Waals surface area contributed by atoms with Crippen molar-refractivity contribution in [2.45, 2.75) is 44.6 Å². The van der Waals surface area contributed by atoms with E-state index in [1.54, 1.807) is 7.11 Å². The molecular formula is C22H28N2O. The summed E-state index contributed by atoms with van der Waals surface area (Å²) < 4.78 is 5.53. The zero-order chi connectivity index (χ0) is 17.1. The Kier molecular flexibility index (Phi) is 4.82. The number of methoxy groups -OCH3 is 1. The largest absolute Gasteiger partial charge is 0.495 e. The van der Waals surface area contributed by atoms with E-state index < -0.39 is 0 Å². The molecular weight excluding hydrogens is 308 g/mol. The Hall–Kier alpha value is -2.16. The molecule has 25 heavy (non-hydrogen) atoms. The Labute approximate surface area is 151 Å². The van der Waals surface area contributed by atoms with E-state index in [4.69, 9.17) is 4.74 Å². The van der Waals surface area contributed by atoms with Crippen molar-refractivity contribution in [2.24, 2.45) is 0 Å². The molecule has 2 aliphatic heterocycles. The number of anilines is 2. The van der Waals surface area contributed by atoms with Gasteiger partial charge in [0.15, 0.2) is 0 Å². The lowest BCUT2D eigenvalue weighted by molar-refractivity contribution is 0.413. The van der Waals surface area contributed by atoms with Gasteiger partial charge in [-0.1, -0.05) is 24.3 Å². The van der Waals surface area contributed by atoms with Crippen molar-refractivity contribution in [3.8, 4) is 5.75 Å². The van der Waals surface area contributed by atoms with Gasteiger partial charge in [-0.3, -0.25) is 0 Å². The average molecular weight is 336 g/mol. The summed E-state index contributed by atoms with van der Waals surface area (Å²) in [7, 11) is 1.75. The van der Waals surface area contributed by atoms with Crippen molar-refractivity contribution >= 4 is 11.4 Å². The highest BCUT2D eigenvalue weighted by Crippen LogP contribution is 2.34. The second-order valence-electron chi connectivity index (χ2n) is 7.28. The number of hydrogen-bond donors (Lipinski definition) is 1. The van der Waals surface area contributed by atoms with Gasteiger partial charge in [0.25, 0.3) is 0 Å². The van der Waals surface area contributed by atoms with Gasteiger partial charge in [-0.15, -0.1) is 0 Å². The number of benzene rings is 2. The first kappa shape index (κ1) is 16.3. The molecule has 132 valence electrons. The monoisotopic (exact) mass is 336 g/mol. The van der Waals surface area contributed by atoms with Crippen molar-refractivity contribution in [3.63, 3.8) is 0 Å². The van der Waals surface area contributed by atoms with Crippen LogP contribution >= 0.6 is 0 Å². The Morgan fingerprint density at radius 1 is 1.12 bits per heavy atom. The minimum atomic E-state index is 0.527. The fourth-order valence-corrected chi connectivity index (χ4v) is 4.17. The Balaban J connectivity index is 1.40. The van der Waals surface area contributed by atoms with Crippen LogP contribution in [0.3, 0.4) is 0 Å². The summed E-state index contributed by atoms with van der Waals surface area (Å²) in [5, 5.41) is 3.72. The number of nitrogens with zero attached hydrogens (tertiary/aromatic N) is 1. The molecule has 1 saturated heterocycles. The molecule has 3 heteroatoms. The first-order chi connectivity index (χ1) is 12.3. The molecule has 1 unspecified atom stereocenters. The Bertz CT molecular complexity index is 707. The van der Waals surface area contributed by atoms with Crippen molar-refractivity contribution in [1.82, 2.24) is 0 Å². The van der Waals surface area contributed by atoms with E-state index in [2.05, 4.69) is 46.6 Å². The van der Waals surface area contributed by atoms with Crippen molar-refractivity contribution in [3.05, 3.63) is 53.6 Å². The minimum absolute atomic E-state index is 0.527. The molecule has 0 radical (unpaired) electrons. The highest BCUT2D eigenvalue weighted by Gasteiger charge is 2.20. The summed E-state index contributed by atoms with van der Waals surface area (Å²) in [6, 6.07) is 16.0. The molecule has 0 amide bonds. The maximum atomic E-state index is 5.53. The van der Waals surface area contributed by atoms with Gasteiger partial charge in [0, 0.05) is 24.8 Å². The van der Waals surface area contributed by atoms with Crippen LogP contribution in [0.1, 0.15) is 36.8 Å². The van der Waals surface area contributed by atoms with Crippen LogP contribution < -0.4 is 15.0 Å². The van der Waals surface area contributed by atoms with E-state index >= 15 is 0 Å². The molecule has 2 aromatic carbocycles. The SMILES string of the molecule is COc1cccc2c1NC(CCc1cccc(N3CCCC3)c1)CC2. The topological polar surface area (TPSA) is 24.5 Å². The first-order valence-corrected chi connectivity index (χ1v) is 9.60. The predicted molar refractivity (Wildman–Crippen MR) is 105 cm³/mol. The van der Waals surface area contributed by atoms with Crippen molar-refractivity contribution in [2.75, 3.05) is 30.4 Å². The zero-order valence-corrected chi connectivity index (χ0v) is 15.1. The van der Waals surface area contributed by atoms with Crippen molar-refractivity contribution < 1.29 is 4.74 Å². The van der Waals surface area contributed by atoms with Gasteiger partial charge < -0.3 is 15.0 Å². The molecule has 0 aliphatic carbocycles. The number of fused-ring (bicyclic) bond motifs is 1. The number of nitrogens with one attached hydrogen (secondary N) is 1. The van der Waals surface area contributed by atoms with Gasteiger partial charge in [-0.25, -0.2) is 0 Å². The molecule has 2 aromatic rings. The molecule has 1 atom stereocenters. The standard InChI is InChI=1S/C22H28N2O/c1-25-21-9-5-7-18-11-13-19(23-22(18)21)12-10-17-6-4-8-20(16-17)24-14-2-3-15-24/h4-9,16,19,23H,2-3,10-15H2,1H3. The van der Waals surface area contributed by atoms with Gasteiger partial charge >= 0.3 is 0 Å². The second kappa shape index (κ2) is 7.38. The van der Waals surface area contributed by atoms with Gasteiger partial charge in [0.1, 0.15) is 5.75 Å². The van der Waals surface area contributed by atoms with Gasteiger partial charge in [0.2, 0.25) is 0 Å². The van der Waals surface area contributed by atoms with E-state index in [9.17, 15) is 0 Å². The summed E-state index contributed by atoms with van der Waals surface area (Å²) in [4.78, 5) is 2.52. The molecule has 2 aliphatic rings. The van der Waals surface area contributed by atoms with Gasteiger partial charge in [-0.05, 0) is 67.9 Å². The van der Waals surface area contributed by atoms with Crippen LogP contribution in [-0.4, -0.2) is 26.2 Å². The predicted octanol–water partition coefficient (Wildman–Crippen LogP) is 4.65. The molecule has 3 nitrogen and oxygen atoms in total. The average Bonchev–Trinajstić information content (AvgIpc) is 3.21. The molecule has 1 N–H and O–H groups in total. The smallest absolute Gasteiger partial charge is 0.142 e. The lowest BCUT2D eigenvalue weighted by Crippen LogP contribution is -2.26. The lowest BCUT2D eigenvalue weighted by atomic mass is 9.93. The molecule has 4 rings (SSSR count). The van der Waals surface area contributed by atoms with Crippen LogP contribution in [0, 0.1) is 0 Å². The second-order valence-corrected chi connectivity index (χ2v) is 7.28. The zero-order valence-electron chi connectivity index (χ0n) is 15.1. The van der Waals surface area contributed by atoms with Crippen molar-refractivity contribution in [1.29, 1.82) is 0 Å². The van der Waals surface area contributed by atoms with Gasteiger partial charge in [-0.2, -0.15) is 0 Å². The summed E-state index contributed by atoms with van der Waals surface area (Å²) in [5.74, 6) is 0.971. The summed E-state index contributed by atoms with van der Waals surface area (Å²) in [6.07, 6.45) is 7.30. The minimum Gasteiger partial charge on any atom is -0.495 e. The van der Waals surface area contributed by atoms with E-state index in [0.717, 1.165) is 18.6 Å². The molecule has 0 bridgehead atoms. The summed E-state index contributed by atoms with van der Waals surface area (Å²) in [6.45, 7) is 2.43. The highest BCUT2D eigenvalue weighted by molar-refractivity contribution is 5.64. The summed E-state index contributed by atoms with van der Waals surface area (Å²) in [5.41, 5.74) is 5.44. The highest BCUT2D eigenvalue weighted by atomic mass is 16.5. The van der Waals surface area contributed by atoms with Crippen LogP contribution in [0.25, 0.3) is 0 Å². The van der Waals surface area contributed by atoms with E-state index in [0.29, 0.717) is 6.04 Å². The number of para-hydroxylation sites is 1. The van der Waals surface area contributed by atoms with Crippen LogP contribution in [-0.2, 0) is 12.8 Å².